The lowest BCUT2D eigenvalue weighted by Gasteiger charge is -2.25. The number of hydrogen-bond donors (Lipinski definition) is 2. The van der Waals surface area contributed by atoms with Gasteiger partial charge < -0.3 is 11.1 Å². The van der Waals surface area contributed by atoms with Crippen LogP contribution in [0.5, 0.6) is 0 Å². The number of sulfonamides is 1. The van der Waals surface area contributed by atoms with E-state index in [0.717, 1.165) is 24.8 Å². The maximum absolute atomic E-state index is 12.6. The maximum atomic E-state index is 12.6. The third-order valence-electron chi connectivity index (χ3n) is 4.31. The Kier molecular flexibility index (Phi) is 5.53. The number of nitrogens with zero attached hydrogens (tertiary/aromatic N) is 2. The zero-order valence-electron chi connectivity index (χ0n) is 14.4. The Bertz CT molecular complexity index is 858. The zero-order valence-corrected chi connectivity index (χ0v) is 15.2. The molecule has 0 bridgehead atoms. The van der Waals surface area contributed by atoms with Gasteiger partial charge >= 0.3 is 0 Å². The molecular weight excluding hydrogens is 352 g/mol. The molecule has 3 N–H and O–H groups in total. The number of nitrogen functional groups attached to an aromatic ring is 1. The molecule has 0 spiro atoms. The molecule has 8 heteroatoms. The van der Waals surface area contributed by atoms with Crippen molar-refractivity contribution in [2.75, 3.05) is 24.1 Å². The average Bonchev–Trinajstić information content (AvgIpc) is 2.65. The summed E-state index contributed by atoms with van der Waals surface area (Å²) in [5, 5.41) is 2.73. The average molecular weight is 374 g/mol. The first kappa shape index (κ1) is 18.3. The minimum Gasteiger partial charge on any atom is -0.384 e. The van der Waals surface area contributed by atoms with Crippen LogP contribution in [-0.2, 0) is 21.2 Å². The minimum atomic E-state index is -3.45. The van der Waals surface area contributed by atoms with E-state index in [2.05, 4.69) is 10.3 Å². The van der Waals surface area contributed by atoms with E-state index in [0.29, 0.717) is 24.6 Å². The van der Waals surface area contributed by atoms with Crippen LogP contribution in [0.1, 0.15) is 24.8 Å². The summed E-state index contributed by atoms with van der Waals surface area (Å²) in [5.74, 6) is 0.178. The Labute approximate surface area is 153 Å². The zero-order chi connectivity index (χ0) is 18.6. The molecule has 0 unspecified atom stereocenters. The van der Waals surface area contributed by atoms with Gasteiger partial charge in [-0.05, 0) is 42.7 Å². The molecular formula is C18H22N4O3S. The summed E-state index contributed by atoms with van der Waals surface area (Å²) in [6.07, 6.45) is 4.51. The Hall–Kier alpha value is -2.45. The number of nitrogens with two attached hydrogens (primary N) is 1. The number of hydrogen-bond acceptors (Lipinski definition) is 5. The number of rotatable bonds is 5. The number of anilines is 2. The Balaban J connectivity index is 1.63. The van der Waals surface area contributed by atoms with Gasteiger partial charge in [-0.15, -0.1) is 0 Å². The number of amides is 1. The second-order valence-electron chi connectivity index (χ2n) is 6.31. The van der Waals surface area contributed by atoms with E-state index in [1.54, 1.807) is 36.4 Å². The van der Waals surface area contributed by atoms with Gasteiger partial charge in [0.15, 0.2) is 0 Å². The summed E-state index contributed by atoms with van der Waals surface area (Å²) < 4.78 is 26.8. The molecule has 0 radical (unpaired) electrons. The number of carbonyl (C=O) groups is 1. The van der Waals surface area contributed by atoms with Crippen molar-refractivity contribution in [1.29, 1.82) is 0 Å². The van der Waals surface area contributed by atoms with Gasteiger partial charge in [0.2, 0.25) is 15.9 Å². The van der Waals surface area contributed by atoms with E-state index in [9.17, 15) is 13.2 Å². The summed E-state index contributed by atoms with van der Waals surface area (Å²) >= 11 is 0. The number of pyridine rings is 1. The fourth-order valence-electron chi connectivity index (χ4n) is 2.90. The van der Waals surface area contributed by atoms with Gasteiger partial charge in [0.25, 0.3) is 0 Å². The van der Waals surface area contributed by atoms with Crippen LogP contribution in [0.4, 0.5) is 11.5 Å². The number of carbonyl (C=O) groups excluding carboxylic acids is 1. The highest BCUT2D eigenvalue weighted by atomic mass is 32.2. The Morgan fingerprint density at radius 2 is 1.77 bits per heavy atom. The highest BCUT2D eigenvalue weighted by Gasteiger charge is 2.25. The van der Waals surface area contributed by atoms with Crippen LogP contribution in [0.15, 0.2) is 47.5 Å². The minimum absolute atomic E-state index is 0.147. The Morgan fingerprint density at radius 3 is 2.38 bits per heavy atom. The third-order valence-corrected chi connectivity index (χ3v) is 6.22. The van der Waals surface area contributed by atoms with Gasteiger partial charge in [0, 0.05) is 13.1 Å². The van der Waals surface area contributed by atoms with Crippen molar-refractivity contribution in [3.8, 4) is 0 Å². The molecule has 1 aromatic carbocycles. The van der Waals surface area contributed by atoms with Crippen molar-refractivity contribution in [2.24, 2.45) is 0 Å². The molecule has 0 aliphatic carbocycles. The first-order valence-electron chi connectivity index (χ1n) is 8.55. The predicted octanol–water partition coefficient (Wildman–Crippen LogP) is 2.02. The molecule has 1 amide bonds. The van der Waals surface area contributed by atoms with Crippen molar-refractivity contribution in [3.05, 3.63) is 48.2 Å². The molecule has 1 aliphatic heterocycles. The lowest BCUT2D eigenvalue weighted by molar-refractivity contribution is -0.115. The highest BCUT2D eigenvalue weighted by molar-refractivity contribution is 7.89. The van der Waals surface area contributed by atoms with Crippen LogP contribution in [-0.4, -0.2) is 36.7 Å². The van der Waals surface area contributed by atoms with E-state index >= 15 is 0 Å². The van der Waals surface area contributed by atoms with Crippen molar-refractivity contribution in [2.45, 2.75) is 30.6 Å². The molecule has 1 aromatic heterocycles. The number of nitrogens with one attached hydrogen (secondary N) is 1. The predicted molar refractivity (Wildman–Crippen MR) is 100 cm³/mol. The fraction of sp³-hybridized carbons (Fsp3) is 0.333. The molecule has 0 saturated carbocycles. The summed E-state index contributed by atoms with van der Waals surface area (Å²) in [6.45, 7) is 1.14. The van der Waals surface area contributed by atoms with E-state index in [-0.39, 0.29) is 17.2 Å². The molecule has 1 saturated heterocycles. The topological polar surface area (TPSA) is 105 Å². The van der Waals surface area contributed by atoms with Crippen LogP contribution in [0.2, 0.25) is 0 Å². The maximum Gasteiger partial charge on any atom is 0.243 e. The highest BCUT2D eigenvalue weighted by Crippen LogP contribution is 2.21. The van der Waals surface area contributed by atoms with Gasteiger partial charge in [-0.2, -0.15) is 4.31 Å². The molecule has 7 nitrogen and oxygen atoms in total. The molecule has 3 rings (SSSR count). The largest absolute Gasteiger partial charge is 0.384 e. The first-order valence-corrected chi connectivity index (χ1v) is 9.99. The SMILES string of the molecule is Nc1ccc(NC(=O)Cc2ccc(S(=O)(=O)N3CCCCC3)cc2)cn1. The van der Waals surface area contributed by atoms with Gasteiger partial charge in [0.1, 0.15) is 5.82 Å². The van der Waals surface area contributed by atoms with Crippen LogP contribution in [0.3, 0.4) is 0 Å². The van der Waals surface area contributed by atoms with E-state index in [4.69, 9.17) is 5.73 Å². The monoisotopic (exact) mass is 374 g/mol. The molecule has 2 heterocycles. The van der Waals surface area contributed by atoms with Crippen LogP contribution in [0, 0.1) is 0 Å². The number of aromatic nitrogens is 1. The number of benzene rings is 1. The summed E-state index contributed by atoms with van der Waals surface area (Å²) in [7, 11) is -3.45. The lowest BCUT2D eigenvalue weighted by atomic mass is 10.1. The first-order chi connectivity index (χ1) is 12.4. The van der Waals surface area contributed by atoms with Crippen molar-refractivity contribution in [3.63, 3.8) is 0 Å². The normalized spacial score (nSPS) is 15.5. The molecule has 26 heavy (non-hydrogen) atoms. The standard InChI is InChI=1S/C18H22N4O3S/c19-17-9-6-15(13-20-17)21-18(23)12-14-4-7-16(8-5-14)26(24,25)22-10-2-1-3-11-22/h4-9,13H,1-3,10-12H2,(H2,19,20)(H,21,23). The van der Waals surface area contributed by atoms with E-state index in [1.165, 1.54) is 10.5 Å². The van der Waals surface area contributed by atoms with Gasteiger partial charge in [0.05, 0.1) is 23.2 Å². The van der Waals surface area contributed by atoms with Gasteiger partial charge in [-0.3, -0.25) is 4.79 Å². The second kappa shape index (κ2) is 7.84. The molecule has 2 aromatic rings. The quantitative estimate of drug-likeness (QED) is 0.833. The molecule has 138 valence electrons. The van der Waals surface area contributed by atoms with Crippen molar-refractivity contribution < 1.29 is 13.2 Å². The van der Waals surface area contributed by atoms with Crippen molar-refractivity contribution >= 4 is 27.4 Å². The number of piperidine rings is 1. The molecule has 1 fully saturated rings. The molecule has 1 aliphatic rings. The van der Waals surface area contributed by atoms with Gasteiger partial charge in [-0.25, -0.2) is 13.4 Å². The smallest absolute Gasteiger partial charge is 0.243 e. The lowest BCUT2D eigenvalue weighted by Crippen LogP contribution is -2.35. The second-order valence-corrected chi connectivity index (χ2v) is 8.24. The summed E-state index contributed by atoms with van der Waals surface area (Å²) in [6, 6.07) is 9.77. The van der Waals surface area contributed by atoms with E-state index in [1.807, 2.05) is 0 Å². The van der Waals surface area contributed by atoms with Gasteiger partial charge in [-0.1, -0.05) is 18.6 Å². The fourth-order valence-corrected chi connectivity index (χ4v) is 4.42. The van der Waals surface area contributed by atoms with Crippen LogP contribution in [0.25, 0.3) is 0 Å². The molecule has 0 atom stereocenters. The Morgan fingerprint density at radius 1 is 1.08 bits per heavy atom. The van der Waals surface area contributed by atoms with E-state index < -0.39 is 10.0 Å². The van der Waals surface area contributed by atoms with Crippen molar-refractivity contribution in [1.82, 2.24) is 9.29 Å². The summed E-state index contributed by atoms with van der Waals surface area (Å²) in [5.41, 5.74) is 6.81. The van der Waals surface area contributed by atoms with Crippen LogP contribution < -0.4 is 11.1 Å². The van der Waals surface area contributed by atoms with Crippen LogP contribution >= 0.6 is 0 Å². The summed E-state index contributed by atoms with van der Waals surface area (Å²) in [4.78, 5) is 16.3. The third kappa shape index (κ3) is 4.39.